The largest absolute Gasteiger partial charge is 0.496 e. The molecular weight excluding hydrogens is 432 g/mol. The molecule has 0 saturated carbocycles. The Hall–Kier alpha value is -3.67. The van der Waals surface area contributed by atoms with Gasteiger partial charge in [-0.15, -0.1) is 0 Å². The van der Waals surface area contributed by atoms with Crippen LogP contribution in [0.5, 0.6) is 23.0 Å². The van der Waals surface area contributed by atoms with Gasteiger partial charge in [0.05, 0.1) is 26.9 Å². The molecule has 0 bridgehead atoms. The van der Waals surface area contributed by atoms with E-state index < -0.39 is 0 Å². The Bertz CT molecular complexity index is 1260. The number of allylic oxidation sites excluding steroid dienone is 3. The Labute approximate surface area is 200 Å². The predicted molar refractivity (Wildman–Crippen MR) is 135 cm³/mol. The molecule has 0 spiro atoms. The molecular formula is C28H32O6. The molecule has 1 aromatic heterocycles. The minimum atomic E-state index is -0.202. The highest BCUT2D eigenvalue weighted by Gasteiger charge is 2.17. The van der Waals surface area contributed by atoms with Crippen LogP contribution in [0.3, 0.4) is 0 Å². The van der Waals surface area contributed by atoms with Crippen molar-refractivity contribution in [2.24, 2.45) is 0 Å². The number of benzene rings is 2. The van der Waals surface area contributed by atoms with Gasteiger partial charge in [0.15, 0.2) is 11.5 Å². The molecule has 3 rings (SSSR count). The molecule has 0 fully saturated rings. The van der Waals surface area contributed by atoms with Crippen molar-refractivity contribution >= 4 is 11.0 Å². The van der Waals surface area contributed by atoms with Crippen molar-refractivity contribution in [2.75, 3.05) is 27.9 Å². The van der Waals surface area contributed by atoms with Gasteiger partial charge in [-0.1, -0.05) is 23.3 Å². The van der Waals surface area contributed by atoms with Crippen LogP contribution < -0.4 is 24.4 Å². The molecule has 0 saturated heterocycles. The topological polar surface area (TPSA) is 67.1 Å². The van der Waals surface area contributed by atoms with Crippen molar-refractivity contribution < 1.29 is 23.4 Å². The summed E-state index contributed by atoms with van der Waals surface area (Å²) in [5, 5.41) is 0.356. The van der Waals surface area contributed by atoms with Gasteiger partial charge in [-0.2, -0.15) is 0 Å². The lowest BCUT2D eigenvalue weighted by Crippen LogP contribution is -2.07. The van der Waals surface area contributed by atoms with Crippen LogP contribution in [0.2, 0.25) is 0 Å². The third-order valence-corrected chi connectivity index (χ3v) is 5.51. The quantitative estimate of drug-likeness (QED) is 0.317. The van der Waals surface area contributed by atoms with Gasteiger partial charge in [0.1, 0.15) is 35.3 Å². The van der Waals surface area contributed by atoms with Crippen molar-refractivity contribution in [1.29, 1.82) is 0 Å². The molecule has 2 aromatic carbocycles. The number of methoxy groups -OCH3 is 3. The highest BCUT2D eigenvalue weighted by molar-refractivity contribution is 5.88. The van der Waals surface area contributed by atoms with E-state index in [1.54, 1.807) is 44.6 Å². The average molecular weight is 465 g/mol. The van der Waals surface area contributed by atoms with Crippen molar-refractivity contribution in [1.82, 2.24) is 0 Å². The van der Waals surface area contributed by atoms with Crippen molar-refractivity contribution in [3.8, 4) is 34.1 Å². The Morgan fingerprint density at radius 3 is 2.35 bits per heavy atom. The van der Waals surface area contributed by atoms with Gasteiger partial charge in [0.25, 0.3) is 0 Å². The van der Waals surface area contributed by atoms with Crippen LogP contribution >= 0.6 is 0 Å². The molecule has 6 nitrogen and oxygen atoms in total. The Morgan fingerprint density at radius 2 is 1.68 bits per heavy atom. The Balaban J connectivity index is 1.91. The van der Waals surface area contributed by atoms with E-state index in [0.29, 0.717) is 51.7 Å². The van der Waals surface area contributed by atoms with E-state index in [9.17, 15) is 4.79 Å². The molecule has 6 heteroatoms. The Morgan fingerprint density at radius 1 is 0.912 bits per heavy atom. The number of hydrogen-bond acceptors (Lipinski definition) is 6. The molecule has 34 heavy (non-hydrogen) atoms. The maximum absolute atomic E-state index is 13.4. The maximum atomic E-state index is 13.4. The lowest BCUT2D eigenvalue weighted by Gasteiger charge is -2.12. The molecule has 0 amide bonds. The highest BCUT2D eigenvalue weighted by atomic mass is 16.5. The predicted octanol–water partition coefficient (Wildman–Crippen LogP) is 6.56. The van der Waals surface area contributed by atoms with Gasteiger partial charge in [0.2, 0.25) is 5.43 Å². The highest BCUT2D eigenvalue weighted by Crippen LogP contribution is 2.34. The van der Waals surface area contributed by atoms with E-state index in [1.165, 1.54) is 24.5 Å². The molecule has 180 valence electrons. The minimum absolute atomic E-state index is 0.202. The second kappa shape index (κ2) is 11.5. The van der Waals surface area contributed by atoms with Crippen molar-refractivity contribution in [2.45, 2.75) is 33.6 Å². The minimum Gasteiger partial charge on any atom is -0.496 e. The Kier molecular flexibility index (Phi) is 8.41. The monoisotopic (exact) mass is 464 g/mol. The summed E-state index contributed by atoms with van der Waals surface area (Å²) in [5.41, 5.74) is 3.83. The molecule has 3 aromatic rings. The van der Waals surface area contributed by atoms with Gasteiger partial charge in [-0.05, 0) is 57.4 Å². The number of hydrogen-bond donors (Lipinski definition) is 0. The number of ether oxygens (including phenoxy) is 4. The first-order valence-electron chi connectivity index (χ1n) is 11.2. The second-order valence-corrected chi connectivity index (χ2v) is 8.23. The van der Waals surface area contributed by atoms with Crippen molar-refractivity contribution in [3.05, 3.63) is 70.1 Å². The number of rotatable bonds is 10. The molecule has 0 aliphatic carbocycles. The number of fused-ring (bicyclic) bond motifs is 1. The van der Waals surface area contributed by atoms with Crippen LogP contribution in [0.25, 0.3) is 22.1 Å². The fourth-order valence-electron chi connectivity index (χ4n) is 3.59. The summed E-state index contributed by atoms with van der Waals surface area (Å²) < 4.78 is 27.9. The van der Waals surface area contributed by atoms with Crippen LogP contribution in [0, 0.1) is 0 Å². The summed E-state index contributed by atoms with van der Waals surface area (Å²) in [4.78, 5) is 13.4. The lowest BCUT2D eigenvalue weighted by atomic mass is 10.0. The zero-order valence-electron chi connectivity index (χ0n) is 20.7. The first-order valence-corrected chi connectivity index (χ1v) is 11.2. The van der Waals surface area contributed by atoms with Gasteiger partial charge in [0, 0.05) is 12.1 Å². The summed E-state index contributed by atoms with van der Waals surface area (Å²) >= 11 is 0. The molecule has 0 atom stereocenters. The van der Waals surface area contributed by atoms with Gasteiger partial charge >= 0.3 is 0 Å². The molecule has 0 unspecified atom stereocenters. The van der Waals surface area contributed by atoms with E-state index in [0.717, 1.165) is 12.8 Å². The van der Waals surface area contributed by atoms with Crippen LogP contribution in [0.1, 0.15) is 33.6 Å². The third-order valence-electron chi connectivity index (χ3n) is 5.51. The van der Waals surface area contributed by atoms with Crippen LogP contribution in [-0.2, 0) is 0 Å². The summed E-state index contributed by atoms with van der Waals surface area (Å²) in [6.07, 6.45) is 7.73. The summed E-state index contributed by atoms with van der Waals surface area (Å²) in [6, 6.07) is 8.71. The van der Waals surface area contributed by atoms with Crippen LogP contribution in [-0.4, -0.2) is 27.9 Å². The zero-order valence-corrected chi connectivity index (χ0v) is 20.7. The fourth-order valence-corrected chi connectivity index (χ4v) is 3.59. The lowest BCUT2D eigenvalue weighted by molar-refractivity contribution is 0.325. The van der Waals surface area contributed by atoms with Gasteiger partial charge in [-0.25, -0.2) is 0 Å². The van der Waals surface area contributed by atoms with Crippen LogP contribution in [0.15, 0.2) is 69.1 Å². The smallest absolute Gasteiger partial charge is 0.204 e. The van der Waals surface area contributed by atoms with Gasteiger partial charge < -0.3 is 23.4 Å². The van der Waals surface area contributed by atoms with E-state index in [2.05, 4.69) is 32.9 Å². The van der Waals surface area contributed by atoms with Gasteiger partial charge in [-0.3, -0.25) is 4.79 Å². The molecule has 1 heterocycles. The third kappa shape index (κ3) is 5.81. The average Bonchev–Trinajstić information content (AvgIpc) is 2.83. The van der Waals surface area contributed by atoms with E-state index in [1.807, 2.05) is 0 Å². The molecule has 0 N–H and O–H groups in total. The van der Waals surface area contributed by atoms with Crippen LogP contribution in [0.4, 0.5) is 0 Å². The standard InChI is InChI=1S/C28H32O6/c1-18(2)8-7-9-19(3)12-13-33-24-14-20(10-11-23(24)31-5)22-17-34-26-16-21(30-4)15-25(32-6)27(26)28(22)29/h8,10-12,14-17H,7,9,13H2,1-6H3/b19-12+. The SMILES string of the molecule is COc1cc(OC)c2c(=O)c(-c3ccc(OC)c(OC/C=C(\C)CCC=C(C)C)c3)coc2c1. The normalized spacial score (nSPS) is 11.3. The molecule has 0 aliphatic rings. The fraction of sp³-hybridized carbons (Fsp3) is 0.321. The second-order valence-electron chi connectivity index (χ2n) is 8.23. The van der Waals surface area contributed by atoms with Crippen molar-refractivity contribution in [3.63, 3.8) is 0 Å². The zero-order chi connectivity index (χ0) is 24.7. The van der Waals surface area contributed by atoms with E-state index in [-0.39, 0.29) is 5.43 Å². The maximum Gasteiger partial charge on any atom is 0.204 e. The van der Waals surface area contributed by atoms with E-state index in [4.69, 9.17) is 23.4 Å². The summed E-state index contributed by atoms with van der Waals surface area (Å²) in [6.45, 7) is 6.70. The first kappa shape index (κ1) is 25.0. The summed E-state index contributed by atoms with van der Waals surface area (Å²) in [5.74, 6) is 2.08. The molecule has 0 aliphatic heterocycles. The van der Waals surface area contributed by atoms with E-state index >= 15 is 0 Å². The molecule has 0 radical (unpaired) electrons. The first-order chi connectivity index (χ1) is 16.4. The summed E-state index contributed by atoms with van der Waals surface area (Å²) in [7, 11) is 4.64.